The minimum atomic E-state index is -1.41. The topological polar surface area (TPSA) is 6.48 Å². The van der Waals surface area contributed by atoms with E-state index in [-0.39, 0.29) is 0 Å². The maximum absolute atomic E-state index is 3.01. The van der Waals surface area contributed by atoms with Crippen molar-refractivity contribution >= 4 is 23.9 Å². The van der Waals surface area contributed by atoms with Gasteiger partial charge in [0.2, 0.25) is 0 Å². The van der Waals surface area contributed by atoms with Gasteiger partial charge in [-0.1, -0.05) is 53.9 Å². The fourth-order valence-corrected chi connectivity index (χ4v) is 38.0. The summed E-state index contributed by atoms with van der Waals surface area (Å²) in [5, 5.41) is 0. The third-order valence-electron chi connectivity index (χ3n) is 4.91. The summed E-state index contributed by atoms with van der Waals surface area (Å²) in [6.07, 6.45) is 0. The van der Waals surface area contributed by atoms with Crippen molar-refractivity contribution in [1.29, 1.82) is 0 Å². The second-order valence-corrected chi connectivity index (χ2v) is 26.9. The molecule has 0 N–H and O–H groups in total. The van der Waals surface area contributed by atoms with E-state index >= 15 is 0 Å². The second-order valence-electron chi connectivity index (χ2n) is 7.54. The third-order valence-corrected chi connectivity index (χ3v) is 33.1. The van der Waals surface area contributed by atoms with Crippen molar-refractivity contribution in [2.75, 3.05) is 0 Å². The molecule has 0 bridgehead atoms. The SMILES string of the molecule is CC(C)N1[Si](C)(C)N(C(C)C)[Si](C)(C)[Si]1(C)C. The highest BCUT2D eigenvalue weighted by atomic mass is 29.3. The van der Waals surface area contributed by atoms with Crippen molar-refractivity contribution < 1.29 is 0 Å². The largest absolute Gasteiger partial charge is 0.333 e. The molecule has 1 fully saturated rings. The Morgan fingerprint density at radius 2 is 0.824 bits per heavy atom. The molecule has 1 rings (SSSR count). The Morgan fingerprint density at radius 1 is 0.588 bits per heavy atom. The Bertz CT molecular complexity index is 270. The first kappa shape index (κ1) is 15.6. The van der Waals surface area contributed by atoms with Crippen LogP contribution in [-0.4, -0.2) is 44.4 Å². The quantitative estimate of drug-likeness (QED) is 0.716. The van der Waals surface area contributed by atoms with Crippen LogP contribution in [0, 0.1) is 0 Å². The van der Waals surface area contributed by atoms with E-state index in [0.29, 0.717) is 12.1 Å². The fraction of sp³-hybridized carbons (Fsp3) is 1.00. The summed E-state index contributed by atoms with van der Waals surface area (Å²) in [4.78, 5) is 0. The predicted molar refractivity (Wildman–Crippen MR) is 86.4 cm³/mol. The summed E-state index contributed by atoms with van der Waals surface area (Å²) in [5.74, 6) is 0. The molecule has 17 heavy (non-hydrogen) atoms. The average Bonchev–Trinajstić information content (AvgIpc) is 2.07. The van der Waals surface area contributed by atoms with Gasteiger partial charge in [-0.15, -0.1) is 0 Å². The highest BCUT2D eigenvalue weighted by Gasteiger charge is 2.65. The van der Waals surface area contributed by atoms with E-state index in [0.717, 1.165) is 0 Å². The van der Waals surface area contributed by atoms with Gasteiger partial charge in [-0.2, -0.15) is 0 Å². The zero-order chi connectivity index (χ0) is 13.8. The molecule has 1 heterocycles. The van der Waals surface area contributed by atoms with Crippen LogP contribution in [0.3, 0.4) is 0 Å². The number of hydrogen-bond donors (Lipinski definition) is 0. The van der Waals surface area contributed by atoms with Gasteiger partial charge < -0.3 is 8.46 Å². The summed E-state index contributed by atoms with van der Waals surface area (Å²) in [7, 11) is -3.93. The smallest absolute Gasteiger partial charge is 0.187 e. The van der Waals surface area contributed by atoms with E-state index < -0.39 is 23.9 Å². The molecule has 0 atom stereocenters. The molecule has 2 nitrogen and oxygen atoms in total. The van der Waals surface area contributed by atoms with Gasteiger partial charge in [0.1, 0.15) is 15.5 Å². The lowest BCUT2D eigenvalue weighted by atomic mass is 10.4. The molecule has 1 aliphatic rings. The van der Waals surface area contributed by atoms with Crippen LogP contribution in [0.2, 0.25) is 39.3 Å². The lowest BCUT2D eigenvalue weighted by molar-refractivity contribution is 0.445. The summed E-state index contributed by atoms with van der Waals surface area (Å²) < 4.78 is 6.01. The molecule has 0 aromatic carbocycles. The van der Waals surface area contributed by atoms with Crippen molar-refractivity contribution in [3.05, 3.63) is 0 Å². The van der Waals surface area contributed by atoms with Gasteiger partial charge in [0.15, 0.2) is 8.40 Å². The molecule has 5 heteroatoms. The summed E-state index contributed by atoms with van der Waals surface area (Å²) in [6.45, 7) is 25.2. The van der Waals surface area contributed by atoms with Crippen molar-refractivity contribution in [3.63, 3.8) is 0 Å². The van der Waals surface area contributed by atoms with Gasteiger partial charge in [-0.25, -0.2) is 0 Å². The summed E-state index contributed by atoms with van der Waals surface area (Å²) >= 11 is 0. The van der Waals surface area contributed by atoms with Gasteiger partial charge in [-0.05, 0) is 25.2 Å². The van der Waals surface area contributed by atoms with Crippen LogP contribution in [0.5, 0.6) is 0 Å². The molecule has 0 radical (unpaired) electrons. The van der Waals surface area contributed by atoms with Crippen molar-refractivity contribution in [1.82, 2.24) is 8.46 Å². The fourth-order valence-electron chi connectivity index (χ4n) is 4.63. The molecular formula is C12H32N2Si3. The number of hydrogen-bond acceptors (Lipinski definition) is 2. The van der Waals surface area contributed by atoms with E-state index in [1.807, 2.05) is 0 Å². The molecular weight excluding hydrogens is 256 g/mol. The molecule has 102 valence electrons. The Hall–Kier alpha value is 0.571. The highest BCUT2D eigenvalue weighted by Crippen LogP contribution is 2.43. The lowest BCUT2D eigenvalue weighted by Crippen LogP contribution is -2.65. The zero-order valence-corrected chi connectivity index (χ0v) is 16.5. The highest BCUT2D eigenvalue weighted by molar-refractivity contribution is 7.44. The molecule has 0 amide bonds. The van der Waals surface area contributed by atoms with Crippen LogP contribution < -0.4 is 0 Å². The molecule has 0 aliphatic carbocycles. The van der Waals surface area contributed by atoms with Crippen molar-refractivity contribution in [3.8, 4) is 0 Å². The van der Waals surface area contributed by atoms with Gasteiger partial charge in [0.25, 0.3) is 0 Å². The van der Waals surface area contributed by atoms with Gasteiger partial charge in [0, 0.05) is 0 Å². The van der Waals surface area contributed by atoms with Crippen LogP contribution in [0.15, 0.2) is 0 Å². The van der Waals surface area contributed by atoms with Gasteiger partial charge in [0.05, 0.1) is 0 Å². The maximum atomic E-state index is 3.01. The summed E-state index contributed by atoms with van der Waals surface area (Å²) in [6, 6.07) is 1.43. The first-order valence-electron chi connectivity index (χ1n) is 6.97. The normalized spacial score (nSPS) is 28.2. The Morgan fingerprint density at radius 3 is 0.941 bits per heavy atom. The van der Waals surface area contributed by atoms with Gasteiger partial charge in [-0.3, -0.25) is 0 Å². The van der Waals surface area contributed by atoms with Crippen LogP contribution in [0.1, 0.15) is 27.7 Å². The number of rotatable bonds is 2. The molecule has 1 aliphatic heterocycles. The Kier molecular flexibility index (Phi) is 3.95. The van der Waals surface area contributed by atoms with Crippen LogP contribution in [-0.2, 0) is 0 Å². The zero-order valence-electron chi connectivity index (χ0n) is 13.5. The van der Waals surface area contributed by atoms with Crippen LogP contribution in [0.25, 0.3) is 0 Å². The molecule has 1 saturated heterocycles. The van der Waals surface area contributed by atoms with Crippen molar-refractivity contribution in [2.24, 2.45) is 0 Å². The second kappa shape index (κ2) is 4.30. The van der Waals surface area contributed by atoms with E-state index in [1.165, 1.54) is 0 Å². The van der Waals surface area contributed by atoms with Crippen LogP contribution >= 0.6 is 0 Å². The van der Waals surface area contributed by atoms with Crippen LogP contribution in [0.4, 0.5) is 0 Å². The predicted octanol–water partition coefficient (Wildman–Crippen LogP) is 3.61. The minimum absolute atomic E-state index is 0.717. The molecule has 0 unspecified atom stereocenters. The molecule has 0 saturated carbocycles. The lowest BCUT2D eigenvalue weighted by Gasteiger charge is -2.44. The van der Waals surface area contributed by atoms with E-state index in [2.05, 4.69) is 75.4 Å². The average molecular weight is 289 g/mol. The Balaban J connectivity index is 3.38. The van der Waals surface area contributed by atoms with E-state index in [9.17, 15) is 0 Å². The molecule has 0 aromatic rings. The monoisotopic (exact) mass is 288 g/mol. The van der Waals surface area contributed by atoms with E-state index in [4.69, 9.17) is 0 Å². The molecule has 0 aromatic heterocycles. The van der Waals surface area contributed by atoms with Gasteiger partial charge >= 0.3 is 0 Å². The summed E-state index contributed by atoms with van der Waals surface area (Å²) in [5.41, 5.74) is 0. The number of nitrogens with zero attached hydrogens (tertiary/aromatic N) is 2. The van der Waals surface area contributed by atoms with E-state index in [1.54, 1.807) is 0 Å². The Labute approximate surface area is 112 Å². The first-order chi connectivity index (χ1) is 7.38. The molecule has 0 spiro atoms. The minimum Gasteiger partial charge on any atom is -0.333 e. The van der Waals surface area contributed by atoms with Crippen molar-refractivity contribution in [2.45, 2.75) is 79.1 Å². The standard InChI is InChI=1S/C12H32N2Si3/c1-11(2)13-15(5,6)14(12(3)4)17(9,10)16(13,7)8/h11-12H,1-10H3. The third kappa shape index (κ3) is 2.04. The maximum Gasteiger partial charge on any atom is 0.187 e. The first-order valence-corrected chi connectivity index (χ1v) is 16.8.